The zero-order chi connectivity index (χ0) is 13.2. The van der Waals surface area contributed by atoms with Gasteiger partial charge in [0.2, 0.25) is 0 Å². The quantitative estimate of drug-likeness (QED) is 0.475. The molecule has 1 aliphatic heterocycles. The Morgan fingerprint density at radius 1 is 1.50 bits per heavy atom. The summed E-state index contributed by atoms with van der Waals surface area (Å²) in [5.74, 6) is 1.47. The Morgan fingerprint density at radius 2 is 2.25 bits per heavy atom. The molecule has 0 amide bonds. The van der Waals surface area contributed by atoms with E-state index in [0.29, 0.717) is 12.5 Å². The second-order valence-corrected chi connectivity index (χ2v) is 6.04. The molecule has 0 unspecified atom stereocenters. The van der Waals surface area contributed by atoms with Gasteiger partial charge in [0.15, 0.2) is 10.9 Å². The maximum atomic E-state index is 6.06. The van der Waals surface area contributed by atoms with Gasteiger partial charge in [-0.1, -0.05) is 6.92 Å². The summed E-state index contributed by atoms with van der Waals surface area (Å²) in [7, 11) is 0. The van der Waals surface area contributed by atoms with Gasteiger partial charge < -0.3 is 10.6 Å². The molecule has 0 radical (unpaired) electrons. The number of nitrogens with two attached hydrogens (primary N) is 1. The molecule has 20 heavy (non-hydrogen) atoms. The summed E-state index contributed by atoms with van der Waals surface area (Å²) in [5.41, 5.74) is 7.03. The Kier molecular flexibility index (Phi) is 5.25. The van der Waals surface area contributed by atoms with E-state index in [1.165, 1.54) is 12.8 Å². The summed E-state index contributed by atoms with van der Waals surface area (Å²) in [6.45, 7) is 4.90. The molecule has 5 nitrogen and oxygen atoms in total. The molecule has 1 fully saturated rings. The average molecular weight is 405 g/mol. The highest BCUT2D eigenvalue weighted by Gasteiger charge is 2.16. The van der Waals surface area contributed by atoms with Crippen molar-refractivity contribution in [1.29, 1.82) is 0 Å². The number of nitrogens with zero attached hydrogens (tertiary/aromatic N) is 4. The van der Waals surface area contributed by atoms with Crippen LogP contribution in [0.4, 0.5) is 0 Å². The summed E-state index contributed by atoms with van der Waals surface area (Å²) in [4.78, 5) is 12.2. The Balaban J connectivity index is 0.00000147. The molecule has 0 atom stereocenters. The molecule has 3 heterocycles. The van der Waals surface area contributed by atoms with Crippen molar-refractivity contribution >= 4 is 46.2 Å². The van der Waals surface area contributed by atoms with Crippen LogP contribution in [0.2, 0.25) is 0 Å². The van der Waals surface area contributed by atoms with Gasteiger partial charge in [-0.25, -0.2) is 9.98 Å². The van der Waals surface area contributed by atoms with Gasteiger partial charge in [-0.05, 0) is 18.8 Å². The van der Waals surface area contributed by atoms with Crippen LogP contribution in [-0.2, 0) is 6.54 Å². The number of piperidine rings is 1. The van der Waals surface area contributed by atoms with Gasteiger partial charge in [0.1, 0.15) is 0 Å². The van der Waals surface area contributed by atoms with Gasteiger partial charge in [0, 0.05) is 30.9 Å². The molecule has 110 valence electrons. The fourth-order valence-corrected chi connectivity index (χ4v) is 3.07. The van der Waals surface area contributed by atoms with Gasteiger partial charge in [-0.2, -0.15) is 0 Å². The second kappa shape index (κ2) is 6.75. The molecule has 3 rings (SSSR count). The maximum absolute atomic E-state index is 6.06. The van der Waals surface area contributed by atoms with Crippen LogP contribution in [0.15, 0.2) is 22.8 Å². The minimum absolute atomic E-state index is 0. The number of thiazole rings is 1. The summed E-state index contributed by atoms with van der Waals surface area (Å²) in [6.07, 6.45) is 6.43. The van der Waals surface area contributed by atoms with E-state index in [4.69, 9.17) is 5.73 Å². The van der Waals surface area contributed by atoms with Crippen LogP contribution in [-0.4, -0.2) is 33.3 Å². The van der Waals surface area contributed by atoms with Gasteiger partial charge in [-0.15, -0.1) is 35.3 Å². The molecule has 0 spiro atoms. The van der Waals surface area contributed by atoms with E-state index in [9.17, 15) is 0 Å². The first-order chi connectivity index (χ1) is 9.22. The zero-order valence-electron chi connectivity index (χ0n) is 11.5. The molecular formula is C13H20IN5S. The normalized spacial score (nSPS) is 17.4. The minimum atomic E-state index is 0. The fourth-order valence-electron chi connectivity index (χ4n) is 2.35. The molecular weight excluding hydrogens is 385 g/mol. The van der Waals surface area contributed by atoms with Gasteiger partial charge in [-0.3, -0.25) is 4.40 Å². The SMILES string of the molecule is CC1CCN(C(N)=NCc2cn3ccsc3n2)CC1.I. The number of guanidine groups is 1. The van der Waals surface area contributed by atoms with Crippen LogP contribution < -0.4 is 5.73 Å². The molecule has 0 aromatic carbocycles. The Labute approximate surface area is 139 Å². The number of aromatic nitrogens is 2. The largest absolute Gasteiger partial charge is 0.370 e. The smallest absolute Gasteiger partial charge is 0.193 e. The lowest BCUT2D eigenvalue weighted by Crippen LogP contribution is -2.42. The lowest BCUT2D eigenvalue weighted by Gasteiger charge is -2.30. The first-order valence-electron chi connectivity index (χ1n) is 6.68. The number of hydrogen-bond donors (Lipinski definition) is 1. The van der Waals surface area contributed by atoms with E-state index in [1.807, 2.05) is 22.2 Å². The van der Waals surface area contributed by atoms with E-state index < -0.39 is 0 Å². The van der Waals surface area contributed by atoms with Crippen molar-refractivity contribution in [2.45, 2.75) is 26.3 Å². The number of halogens is 1. The van der Waals surface area contributed by atoms with Crippen molar-refractivity contribution < 1.29 is 0 Å². The van der Waals surface area contributed by atoms with Crippen molar-refractivity contribution in [3.8, 4) is 0 Å². The van der Waals surface area contributed by atoms with E-state index >= 15 is 0 Å². The summed E-state index contributed by atoms with van der Waals surface area (Å²) >= 11 is 1.63. The number of rotatable bonds is 2. The highest BCUT2D eigenvalue weighted by Crippen LogP contribution is 2.16. The van der Waals surface area contributed by atoms with Crippen LogP contribution in [0.1, 0.15) is 25.5 Å². The zero-order valence-corrected chi connectivity index (χ0v) is 14.7. The number of hydrogen-bond acceptors (Lipinski definition) is 3. The lowest BCUT2D eigenvalue weighted by molar-refractivity contribution is 0.277. The highest BCUT2D eigenvalue weighted by molar-refractivity contribution is 14.0. The van der Waals surface area contributed by atoms with E-state index in [1.54, 1.807) is 11.3 Å². The Morgan fingerprint density at radius 3 is 2.95 bits per heavy atom. The van der Waals surface area contributed by atoms with Crippen LogP contribution >= 0.6 is 35.3 Å². The summed E-state index contributed by atoms with van der Waals surface area (Å²) in [6, 6.07) is 0. The third kappa shape index (κ3) is 3.43. The van der Waals surface area contributed by atoms with Gasteiger partial charge in [0.05, 0.1) is 12.2 Å². The first kappa shape index (κ1) is 15.6. The molecule has 2 aromatic rings. The molecule has 0 saturated carbocycles. The number of imidazole rings is 1. The average Bonchev–Trinajstić information content (AvgIpc) is 2.97. The highest BCUT2D eigenvalue weighted by atomic mass is 127. The van der Waals surface area contributed by atoms with Crippen LogP contribution in [0.5, 0.6) is 0 Å². The topological polar surface area (TPSA) is 58.9 Å². The molecule has 0 aliphatic carbocycles. The second-order valence-electron chi connectivity index (χ2n) is 5.17. The molecule has 2 N–H and O–H groups in total. The van der Waals surface area contributed by atoms with E-state index in [-0.39, 0.29) is 24.0 Å². The lowest BCUT2D eigenvalue weighted by atomic mass is 10.00. The number of aliphatic imine (C=N–C) groups is 1. The fraction of sp³-hybridized carbons (Fsp3) is 0.538. The molecule has 7 heteroatoms. The van der Waals surface area contributed by atoms with Crippen molar-refractivity contribution in [2.75, 3.05) is 13.1 Å². The van der Waals surface area contributed by atoms with Gasteiger partial charge >= 0.3 is 0 Å². The monoisotopic (exact) mass is 405 g/mol. The third-order valence-electron chi connectivity index (χ3n) is 3.65. The van der Waals surface area contributed by atoms with Crippen LogP contribution in [0, 0.1) is 5.92 Å². The van der Waals surface area contributed by atoms with E-state index in [0.717, 1.165) is 29.7 Å². The van der Waals surface area contributed by atoms with Crippen molar-refractivity contribution in [3.05, 3.63) is 23.5 Å². The third-order valence-corrected chi connectivity index (χ3v) is 4.42. The standard InChI is InChI=1S/C13H19N5S.HI/c1-10-2-4-17(5-3-10)12(14)15-8-11-9-18-6-7-19-13(18)16-11;/h6-7,9-10H,2-5,8H2,1H3,(H2,14,15);1H. The molecule has 1 saturated heterocycles. The molecule has 1 aliphatic rings. The van der Waals surface area contributed by atoms with Crippen molar-refractivity contribution in [2.24, 2.45) is 16.6 Å². The minimum Gasteiger partial charge on any atom is -0.370 e. The number of likely N-dealkylation sites (tertiary alicyclic amines) is 1. The van der Waals surface area contributed by atoms with Crippen molar-refractivity contribution in [3.63, 3.8) is 0 Å². The first-order valence-corrected chi connectivity index (χ1v) is 7.56. The maximum Gasteiger partial charge on any atom is 0.193 e. The summed E-state index contributed by atoms with van der Waals surface area (Å²) < 4.78 is 2.02. The van der Waals surface area contributed by atoms with Crippen LogP contribution in [0.25, 0.3) is 4.96 Å². The van der Waals surface area contributed by atoms with E-state index in [2.05, 4.69) is 21.8 Å². The Bertz CT molecular complexity index is 554. The van der Waals surface area contributed by atoms with Crippen LogP contribution in [0.3, 0.4) is 0 Å². The predicted octanol–water partition coefficient (Wildman–Crippen LogP) is 2.56. The summed E-state index contributed by atoms with van der Waals surface area (Å²) in [5, 5.41) is 2.03. The number of fused-ring (bicyclic) bond motifs is 1. The van der Waals surface area contributed by atoms with Crippen molar-refractivity contribution in [1.82, 2.24) is 14.3 Å². The van der Waals surface area contributed by atoms with Gasteiger partial charge in [0.25, 0.3) is 0 Å². The Hall–Kier alpha value is -0.830. The molecule has 0 bridgehead atoms. The molecule has 2 aromatic heterocycles. The predicted molar refractivity (Wildman–Crippen MR) is 93.8 cm³/mol.